The number of ketones is 1. The van der Waals surface area contributed by atoms with Gasteiger partial charge in [-0.1, -0.05) is 27.7 Å². The van der Waals surface area contributed by atoms with Gasteiger partial charge in [0.15, 0.2) is 0 Å². The first-order valence-corrected chi connectivity index (χ1v) is 6.62. The molecule has 0 aliphatic rings. The van der Waals surface area contributed by atoms with Gasteiger partial charge in [-0.15, -0.1) is 0 Å². The first-order valence-electron chi connectivity index (χ1n) is 5.68. The van der Waals surface area contributed by atoms with Crippen LogP contribution >= 0.6 is 11.8 Å². The number of Topliss-reactive ketones (excluding diaryl/α,β-unsaturated/α-hetero) is 1. The summed E-state index contributed by atoms with van der Waals surface area (Å²) in [6, 6.07) is 0. The number of rotatable bonds is 8. The molecule has 0 aromatic rings. The van der Waals surface area contributed by atoms with Crippen LogP contribution in [0.4, 0.5) is 0 Å². The highest BCUT2D eigenvalue weighted by atomic mass is 32.2. The van der Waals surface area contributed by atoms with E-state index in [0.29, 0.717) is 22.7 Å². The van der Waals surface area contributed by atoms with Gasteiger partial charge < -0.3 is 4.74 Å². The van der Waals surface area contributed by atoms with Gasteiger partial charge in [-0.05, 0) is 6.42 Å². The lowest BCUT2D eigenvalue weighted by Crippen LogP contribution is -2.17. The van der Waals surface area contributed by atoms with Crippen LogP contribution in [0.25, 0.3) is 0 Å². The fourth-order valence-electron chi connectivity index (χ4n) is 1.43. The van der Waals surface area contributed by atoms with Crippen LogP contribution in [0.1, 0.15) is 40.5 Å². The molecule has 0 radical (unpaired) electrons. The van der Waals surface area contributed by atoms with Crippen molar-refractivity contribution in [2.24, 2.45) is 5.92 Å². The highest BCUT2D eigenvalue weighted by Gasteiger charge is 2.16. The zero-order valence-corrected chi connectivity index (χ0v) is 11.4. The van der Waals surface area contributed by atoms with Gasteiger partial charge in [0.2, 0.25) is 0 Å². The molecule has 0 bridgehead atoms. The van der Waals surface area contributed by atoms with Gasteiger partial charge in [-0.25, -0.2) is 0 Å². The number of hydrogen-bond donors (Lipinski definition) is 0. The van der Waals surface area contributed by atoms with Crippen molar-refractivity contribution < 1.29 is 9.53 Å². The second-order valence-electron chi connectivity index (χ2n) is 4.19. The predicted octanol–water partition coefficient (Wildman–Crippen LogP) is 3.15. The Kier molecular flexibility index (Phi) is 8.16. The Bertz CT molecular complexity index is 182. The Balaban J connectivity index is 3.82. The molecule has 3 heteroatoms. The summed E-state index contributed by atoms with van der Waals surface area (Å²) in [5, 5.41) is 0.867. The van der Waals surface area contributed by atoms with Crippen molar-refractivity contribution in [3.05, 3.63) is 0 Å². The molecule has 3 atom stereocenters. The minimum atomic E-state index is 0.214. The molecular formula is C12H24O2S. The fraction of sp³-hybridized carbons (Fsp3) is 0.917. The Hall–Kier alpha value is -0.0200. The molecule has 0 fully saturated rings. The molecule has 0 saturated heterocycles. The van der Waals surface area contributed by atoms with Crippen molar-refractivity contribution in [2.45, 2.75) is 51.0 Å². The van der Waals surface area contributed by atoms with Gasteiger partial charge in [0.05, 0.1) is 6.61 Å². The van der Waals surface area contributed by atoms with E-state index in [0.717, 1.165) is 13.0 Å². The van der Waals surface area contributed by atoms with Crippen LogP contribution in [-0.4, -0.2) is 30.0 Å². The van der Waals surface area contributed by atoms with Crippen molar-refractivity contribution in [1.82, 2.24) is 0 Å². The van der Waals surface area contributed by atoms with E-state index in [4.69, 9.17) is 4.74 Å². The van der Waals surface area contributed by atoms with E-state index < -0.39 is 0 Å². The molecule has 0 aliphatic heterocycles. The fourth-order valence-corrected chi connectivity index (χ4v) is 2.70. The molecule has 0 rings (SSSR count). The molecule has 0 N–H and O–H groups in total. The van der Waals surface area contributed by atoms with Crippen LogP contribution in [0.5, 0.6) is 0 Å². The molecule has 3 unspecified atom stereocenters. The van der Waals surface area contributed by atoms with E-state index in [9.17, 15) is 4.79 Å². The minimum absolute atomic E-state index is 0.214. The Morgan fingerprint density at radius 2 is 1.87 bits per heavy atom. The van der Waals surface area contributed by atoms with E-state index in [2.05, 4.69) is 20.8 Å². The second kappa shape index (κ2) is 8.17. The highest BCUT2D eigenvalue weighted by molar-refractivity contribution is 8.00. The first kappa shape index (κ1) is 15.0. The van der Waals surface area contributed by atoms with Crippen LogP contribution in [0.15, 0.2) is 0 Å². The average molecular weight is 232 g/mol. The lowest BCUT2D eigenvalue weighted by molar-refractivity contribution is -0.122. The van der Waals surface area contributed by atoms with Crippen LogP contribution in [0, 0.1) is 5.92 Å². The smallest absolute Gasteiger partial charge is 0.136 e. The van der Waals surface area contributed by atoms with Gasteiger partial charge in [0.1, 0.15) is 5.78 Å². The van der Waals surface area contributed by atoms with Gasteiger partial charge in [-0.3, -0.25) is 4.79 Å². The average Bonchev–Trinajstić information content (AvgIpc) is 2.16. The van der Waals surface area contributed by atoms with Crippen LogP contribution in [-0.2, 0) is 9.53 Å². The number of ether oxygens (including phenoxy) is 1. The third-order valence-electron chi connectivity index (χ3n) is 2.52. The third-order valence-corrected chi connectivity index (χ3v) is 3.75. The van der Waals surface area contributed by atoms with E-state index in [1.807, 2.05) is 18.7 Å². The number of methoxy groups -OCH3 is 1. The molecule has 0 amide bonds. The number of hydrogen-bond acceptors (Lipinski definition) is 3. The molecule has 0 aromatic carbocycles. The molecule has 0 heterocycles. The summed E-state index contributed by atoms with van der Waals surface area (Å²) in [5.41, 5.74) is 0. The Morgan fingerprint density at radius 1 is 1.27 bits per heavy atom. The zero-order valence-electron chi connectivity index (χ0n) is 10.6. The summed E-state index contributed by atoms with van der Waals surface area (Å²) in [4.78, 5) is 11.7. The summed E-state index contributed by atoms with van der Waals surface area (Å²) >= 11 is 1.83. The van der Waals surface area contributed by atoms with Crippen LogP contribution in [0.3, 0.4) is 0 Å². The lowest BCUT2D eigenvalue weighted by atomic mass is 10.0. The first-order chi connectivity index (χ1) is 7.01. The summed E-state index contributed by atoms with van der Waals surface area (Å²) in [7, 11) is 1.71. The molecule has 0 spiro atoms. The van der Waals surface area contributed by atoms with Gasteiger partial charge >= 0.3 is 0 Å². The van der Waals surface area contributed by atoms with Crippen LogP contribution in [0.2, 0.25) is 0 Å². The zero-order chi connectivity index (χ0) is 11.8. The largest absolute Gasteiger partial charge is 0.384 e. The van der Waals surface area contributed by atoms with E-state index in [1.165, 1.54) is 0 Å². The second-order valence-corrected chi connectivity index (χ2v) is 6.07. The minimum Gasteiger partial charge on any atom is -0.384 e. The molecule has 2 nitrogen and oxygen atoms in total. The van der Waals surface area contributed by atoms with E-state index >= 15 is 0 Å². The summed E-state index contributed by atoms with van der Waals surface area (Å²) in [6.07, 6.45) is 1.64. The lowest BCUT2D eigenvalue weighted by Gasteiger charge is -2.17. The maximum Gasteiger partial charge on any atom is 0.136 e. The molecule has 0 aliphatic carbocycles. The molecule has 90 valence electrons. The normalized spacial score (nSPS) is 17.1. The Morgan fingerprint density at radius 3 is 2.33 bits per heavy atom. The monoisotopic (exact) mass is 232 g/mol. The quantitative estimate of drug-likeness (QED) is 0.643. The van der Waals surface area contributed by atoms with Crippen molar-refractivity contribution in [1.29, 1.82) is 0 Å². The molecule has 0 saturated carbocycles. The standard InChI is InChI=1S/C12H24O2S/c1-6-9(2)12(13)7-10(3)15-11(4)8-14-5/h9-11H,6-8H2,1-5H3. The van der Waals surface area contributed by atoms with Crippen molar-refractivity contribution in [2.75, 3.05) is 13.7 Å². The van der Waals surface area contributed by atoms with Crippen LogP contribution < -0.4 is 0 Å². The molecule has 15 heavy (non-hydrogen) atoms. The maximum absolute atomic E-state index is 11.7. The van der Waals surface area contributed by atoms with Crippen molar-refractivity contribution >= 4 is 17.5 Å². The summed E-state index contributed by atoms with van der Waals surface area (Å²) in [5.74, 6) is 0.605. The maximum atomic E-state index is 11.7. The topological polar surface area (TPSA) is 26.3 Å². The number of thioether (sulfide) groups is 1. The van der Waals surface area contributed by atoms with Crippen molar-refractivity contribution in [3.63, 3.8) is 0 Å². The Labute approximate surface area is 98.2 Å². The summed E-state index contributed by atoms with van der Waals surface area (Å²) < 4.78 is 5.07. The third kappa shape index (κ3) is 6.96. The number of carbonyl (C=O) groups is 1. The van der Waals surface area contributed by atoms with E-state index in [1.54, 1.807) is 7.11 Å². The van der Waals surface area contributed by atoms with Crippen molar-refractivity contribution in [3.8, 4) is 0 Å². The van der Waals surface area contributed by atoms with Gasteiger partial charge in [-0.2, -0.15) is 11.8 Å². The molecular weight excluding hydrogens is 208 g/mol. The van der Waals surface area contributed by atoms with Gasteiger partial charge in [0, 0.05) is 29.9 Å². The predicted molar refractivity (Wildman–Crippen MR) is 67.5 cm³/mol. The SMILES string of the molecule is CCC(C)C(=O)CC(C)SC(C)COC. The highest BCUT2D eigenvalue weighted by Crippen LogP contribution is 2.22. The molecule has 0 aromatic heterocycles. The number of carbonyl (C=O) groups excluding carboxylic acids is 1. The van der Waals surface area contributed by atoms with E-state index in [-0.39, 0.29) is 5.92 Å². The van der Waals surface area contributed by atoms with Gasteiger partial charge in [0.25, 0.3) is 0 Å². The summed E-state index contributed by atoms with van der Waals surface area (Å²) in [6.45, 7) is 9.09.